The topological polar surface area (TPSA) is 108 Å². The van der Waals surface area contributed by atoms with Crippen LogP contribution >= 0.6 is 0 Å². The fourth-order valence-corrected chi connectivity index (χ4v) is 5.05. The highest BCUT2D eigenvalue weighted by molar-refractivity contribution is 6.03. The number of carbonyl (C=O) groups is 1. The zero-order valence-corrected chi connectivity index (χ0v) is 22.0. The van der Waals surface area contributed by atoms with Crippen molar-refractivity contribution in [2.24, 2.45) is 0 Å². The van der Waals surface area contributed by atoms with E-state index in [2.05, 4.69) is 53.0 Å². The van der Waals surface area contributed by atoms with E-state index in [0.717, 1.165) is 59.6 Å². The van der Waals surface area contributed by atoms with E-state index in [1.165, 1.54) is 17.7 Å². The van der Waals surface area contributed by atoms with E-state index in [1.807, 2.05) is 54.6 Å². The van der Waals surface area contributed by atoms with Gasteiger partial charge in [-0.15, -0.1) is 23.4 Å². The molecule has 9 nitrogen and oxygen atoms in total. The fourth-order valence-electron chi connectivity index (χ4n) is 5.05. The van der Waals surface area contributed by atoms with Gasteiger partial charge in [-0.25, -0.2) is 4.79 Å². The second-order valence-electron chi connectivity index (χ2n) is 9.55. The molecule has 42 heavy (non-hydrogen) atoms. The molecule has 5 aromatic rings. The first-order valence-corrected chi connectivity index (χ1v) is 13.1. The maximum Gasteiger partial charge on any atom is 0.573 e. The molecule has 12 heteroatoms. The van der Waals surface area contributed by atoms with Crippen LogP contribution in [0.25, 0.3) is 22.5 Å². The van der Waals surface area contributed by atoms with Gasteiger partial charge in [0.1, 0.15) is 5.75 Å². The number of para-hydroxylation sites is 1. The van der Waals surface area contributed by atoms with Gasteiger partial charge >= 0.3 is 12.4 Å². The molecule has 1 aliphatic heterocycles. The highest BCUT2D eigenvalue weighted by Crippen LogP contribution is 2.40. The van der Waals surface area contributed by atoms with E-state index in [0.29, 0.717) is 17.2 Å². The average molecular weight is 572 g/mol. The van der Waals surface area contributed by atoms with Crippen molar-refractivity contribution in [3.8, 4) is 28.3 Å². The third-order valence-corrected chi connectivity index (χ3v) is 6.82. The van der Waals surface area contributed by atoms with Crippen molar-refractivity contribution in [2.45, 2.75) is 19.2 Å². The number of aromatic nitrogens is 4. The summed E-state index contributed by atoms with van der Waals surface area (Å²) in [7, 11) is 0. The number of rotatable bonds is 6. The highest BCUT2D eigenvalue weighted by atomic mass is 19.4. The average Bonchev–Trinajstić information content (AvgIpc) is 3.52. The molecule has 2 heterocycles. The van der Waals surface area contributed by atoms with Crippen LogP contribution in [0.1, 0.15) is 12.0 Å². The first-order valence-electron chi connectivity index (χ1n) is 13.1. The number of hydrogen-bond acceptors (Lipinski definition) is 6. The second kappa shape index (κ2) is 11.2. The molecule has 2 amide bonds. The summed E-state index contributed by atoms with van der Waals surface area (Å²) < 4.78 is 41.5. The number of carbonyl (C=O) groups excluding carboxylic acids is 1. The molecule has 0 atom stereocenters. The van der Waals surface area contributed by atoms with Gasteiger partial charge in [0.2, 0.25) is 5.82 Å². The zero-order chi connectivity index (χ0) is 29.1. The summed E-state index contributed by atoms with van der Waals surface area (Å²) in [6.45, 7) is 0.757. The molecule has 3 N–H and O–H groups in total. The largest absolute Gasteiger partial charge is 0.573 e. The van der Waals surface area contributed by atoms with Crippen LogP contribution in [-0.2, 0) is 6.42 Å². The number of tetrazole rings is 1. The first-order chi connectivity index (χ1) is 20.3. The minimum absolute atomic E-state index is 0.297. The zero-order valence-electron chi connectivity index (χ0n) is 22.0. The van der Waals surface area contributed by atoms with Gasteiger partial charge in [0.05, 0.1) is 11.4 Å². The fraction of sp³-hybridized carbons (Fsp3) is 0.133. The second-order valence-corrected chi connectivity index (χ2v) is 9.55. The lowest BCUT2D eigenvalue weighted by atomic mass is 9.97. The lowest BCUT2D eigenvalue weighted by molar-refractivity contribution is -0.274. The Hall–Kier alpha value is -5.39. The number of urea groups is 1. The summed E-state index contributed by atoms with van der Waals surface area (Å²) in [6.07, 6.45) is -2.90. The number of ether oxygens (including phenoxy) is 1. The third-order valence-electron chi connectivity index (χ3n) is 6.82. The molecule has 0 aliphatic carbocycles. The van der Waals surface area contributed by atoms with Crippen LogP contribution in [0.5, 0.6) is 5.75 Å². The van der Waals surface area contributed by atoms with Gasteiger partial charge in [0.25, 0.3) is 0 Å². The molecule has 0 spiro atoms. The predicted octanol–water partition coefficient (Wildman–Crippen LogP) is 7.16. The van der Waals surface area contributed by atoms with Crippen LogP contribution in [0.2, 0.25) is 0 Å². The van der Waals surface area contributed by atoms with Crippen molar-refractivity contribution in [1.29, 1.82) is 0 Å². The van der Waals surface area contributed by atoms with Crippen LogP contribution < -0.4 is 20.3 Å². The molecule has 0 radical (unpaired) electrons. The van der Waals surface area contributed by atoms with Crippen molar-refractivity contribution in [1.82, 2.24) is 20.6 Å². The monoisotopic (exact) mass is 571 g/mol. The van der Waals surface area contributed by atoms with Crippen molar-refractivity contribution in [3.05, 3.63) is 96.6 Å². The molecule has 212 valence electrons. The van der Waals surface area contributed by atoms with Crippen molar-refractivity contribution in [3.63, 3.8) is 0 Å². The molecule has 1 aliphatic rings. The quantitative estimate of drug-likeness (QED) is 0.200. The SMILES string of the molecule is O=C(Nc1ccc(OC(F)(F)F)cc1)Nc1cc(-c2ccccc2-c2nn[nH]n2)ccc1N1CCCc2ccccc21. The summed E-state index contributed by atoms with van der Waals surface area (Å²) in [5, 5.41) is 20.0. The van der Waals surface area contributed by atoms with E-state index >= 15 is 0 Å². The molecule has 1 aromatic heterocycles. The summed E-state index contributed by atoms with van der Waals surface area (Å²) in [6, 6.07) is 26.0. The predicted molar refractivity (Wildman–Crippen MR) is 153 cm³/mol. The number of nitrogens with zero attached hydrogens (tertiary/aromatic N) is 4. The van der Waals surface area contributed by atoms with E-state index in [1.54, 1.807) is 0 Å². The number of H-pyrrole nitrogens is 1. The van der Waals surface area contributed by atoms with E-state index in [4.69, 9.17) is 0 Å². The van der Waals surface area contributed by atoms with Gasteiger partial charge in [-0.3, -0.25) is 0 Å². The normalized spacial score (nSPS) is 12.9. The number of alkyl halides is 3. The number of hydrogen-bond donors (Lipinski definition) is 3. The van der Waals surface area contributed by atoms with E-state index in [9.17, 15) is 18.0 Å². The first kappa shape index (κ1) is 26.8. The molecular formula is C30H24F3N7O2. The Morgan fingerprint density at radius 3 is 2.40 bits per heavy atom. The summed E-state index contributed by atoms with van der Waals surface area (Å²) in [5.74, 6) is 0.0531. The summed E-state index contributed by atoms with van der Waals surface area (Å²) in [5.41, 5.74) is 6.33. The van der Waals surface area contributed by atoms with Gasteiger partial charge in [-0.2, -0.15) is 5.21 Å². The smallest absolute Gasteiger partial charge is 0.406 e. The van der Waals surface area contributed by atoms with Gasteiger partial charge in [-0.1, -0.05) is 48.5 Å². The number of nitrogens with one attached hydrogen (secondary N) is 3. The van der Waals surface area contributed by atoms with Gasteiger partial charge in [-0.05, 0) is 77.2 Å². The summed E-state index contributed by atoms with van der Waals surface area (Å²) >= 11 is 0. The van der Waals surface area contributed by atoms with Crippen LogP contribution in [0.4, 0.5) is 40.7 Å². The van der Waals surface area contributed by atoms with Crippen molar-refractivity contribution < 1.29 is 22.7 Å². The Balaban J connectivity index is 1.34. The Labute approximate surface area is 238 Å². The minimum Gasteiger partial charge on any atom is -0.406 e. The summed E-state index contributed by atoms with van der Waals surface area (Å²) in [4.78, 5) is 15.4. The number of benzene rings is 4. The number of aromatic amines is 1. The molecule has 0 bridgehead atoms. The minimum atomic E-state index is -4.80. The number of amides is 2. The van der Waals surface area contributed by atoms with Crippen LogP contribution in [-0.4, -0.2) is 39.6 Å². The molecular weight excluding hydrogens is 547 g/mol. The Kier molecular flexibility index (Phi) is 7.17. The number of halogens is 3. The maximum atomic E-state index is 13.2. The molecule has 0 fully saturated rings. The molecule has 0 saturated carbocycles. The third kappa shape index (κ3) is 5.87. The Morgan fingerprint density at radius 1 is 0.881 bits per heavy atom. The van der Waals surface area contributed by atoms with Crippen LogP contribution in [0.15, 0.2) is 91.0 Å². The number of anilines is 4. The van der Waals surface area contributed by atoms with Crippen molar-refractivity contribution in [2.75, 3.05) is 22.1 Å². The van der Waals surface area contributed by atoms with Gasteiger partial charge in [0, 0.05) is 23.5 Å². The van der Waals surface area contributed by atoms with Crippen LogP contribution in [0.3, 0.4) is 0 Å². The lowest BCUT2D eigenvalue weighted by Crippen LogP contribution is -2.27. The Bertz CT molecular complexity index is 1710. The molecule has 0 saturated heterocycles. The van der Waals surface area contributed by atoms with E-state index in [-0.39, 0.29) is 5.75 Å². The maximum absolute atomic E-state index is 13.2. The lowest BCUT2D eigenvalue weighted by Gasteiger charge is -2.33. The highest BCUT2D eigenvalue weighted by Gasteiger charge is 2.31. The molecule has 6 rings (SSSR count). The number of aryl methyl sites for hydroxylation is 1. The molecule has 0 unspecified atom stereocenters. The van der Waals surface area contributed by atoms with Gasteiger partial charge in [0.15, 0.2) is 0 Å². The van der Waals surface area contributed by atoms with E-state index < -0.39 is 12.4 Å². The van der Waals surface area contributed by atoms with Gasteiger partial charge < -0.3 is 20.3 Å². The standard InChI is InChI=1S/C30H24F3N7O2/c31-30(32,33)42-22-14-12-21(13-15-22)34-29(41)35-25-18-20(23-8-2-3-9-24(23)28-36-38-39-37-28)11-16-27(25)40-17-5-7-19-6-1-4-10-26(19)40/h1-4,6,8-16,18H,5,7,17H2,(H2,34,35,41)(H,36,37,38,39). The molecule has 4 aromatic carbocycles. The number of fused-ring (bicyclic) bond motifs is 1. The van der Waals surface area contributed by atoms with Crippen LogP contribution in [0, 0.1) is 0 Å². The van der Waals surface area contributed by atoms with Crippen molar-refractivity contribution >= 4 is 28.8 Å². The Morgan fingerprint density at radius 2 is 1.64 bits per heavy atom.